The van der Waals surface area contributed by atoms with Crippen molar-refractivity contribution in [3.05, 3.63) is 63.0 Å². The summed E-state index contributed by atoms with van der Waals surface area (Å²) in [5, 5.41) is 5.41. The predicted molar refractivity (Wildman–Crippen MR) is 117 cm³/mol. The Hall–Kier alpha value is -2.66. The van der Waals surface area contributed by atoms with Crippen LogP contribution in [0.2, 0.25) is 0 Å². The van der Waals surface area contributed by atoms with Crippen molar-refractivity contribution in [3.63, 3.8) is 0 Å². The number of carbonyl (C=O) groups excluding carboxylic acids is 1. The van der Waals surface area contributed by atoms with Crippen LogP contribution in [0.4, 0.5) is 5.13 Å². The first kappa shape index (κ1) is 20.1. The molecule has 0 atom stereocenters. The second-order valence-corrected chi connectivity index (χ2v) is 8.23. The quantitative estimate of drug-likeness (QED) is 0.606. The number of aryl methyl sites for hydroxylation is 6. The molecule has 0 saturated carbocycles. The van der Waals surface area contributed by atoms with Gasteiger partial charge in [-0.15, -0.1) is 11.3 Å². The molecular weight excluding hydrogens is 368 g/mol. The lowest BCUT2D eigenvalue weighted by Crippen LogP contribution is -2.20. The van der Waals surface area contributed by atoms with Crippen molar-refractivity contribution >= 4 is 22.4 Å². The normalized spacial score (nSPS) is 10.8. The van der Waals surface area contributed by atoms with Gasteiger partial charge in [-0.1, -0.05) is 35.4 Å². The lowest BCUT2D eigenvalue weighted by Gasteiger charge is -2.12. The van der Waals surface area contributed by atoms with Crippen molar-refractivity contribution in [2.24, 2.45) is 0 Å². The summed E-state index contributed by atoms with van der Waals surface area (Å²) >= 11 is 1.43. The molecule has 0 aliphatic heterocycles. The van der Waals surface area contributed by atoms with E-state index in [0.717, 1.165) is 28.1 Å². The van der Waals surface area contributed by atoms with E-state index in [1.54, 1.807) is 0 Å². The maximum atomic E-state index is 12.3. The predicted octanol–water partition coefficient (Wildman–Crippen LogP) is 5.68. The van der Waals surface area contributed by atoms with Gasteiger partial charge in [-0.25, -0.2) is 4.98 Å². The van der Waals surface area contributed by atoms with Crippen molar-refractivity contribution in [2.45, 2.75) is 41.5 Å². The molecule has 0 saturated heterocycles. The number of ether oxygens (including phenoxy) is 1. The number of benzene rings is 2. The first-order valence-corrected chi connectivity index (χ1v) is 10.2. The second kappa shape index (κ2) is 8.15. The number of thiazole rings is 1. The highest BCUT2D eigenvalue weighted by Crippen LogP contribution is 2.31. The van der Waals surface area contributed by atoms with Crippen molar-refractivity contribution in [3.8, 4) is 17.0 Å². The molecule has 3 aromatic rings. The van der Waals surface area contributed by atoms with Gasteiger partial charge in [-0.2, -0.15) is 0 Å². The van der Waals surface area contributed by atoms with Gasteiger partial charge >= 0.3 is 0 Å². The molecule has 0 fully saturated rings. The number of aromatic nitrogens is 1. The van der Waals surface area contributed by atoms with Gasteiger partial charge in [0.1, 0.15) is 5.75 Å². The topological polar surface area (TPSA) is 51.2 Å². The SMILES string of the molecule is Cc1cc(C)c(OCC(=O)Nc2nc(-c3c(C)cc(C)cc3C)cs2)c(C)c1. The third kappa shape index (κ3) is 4.42. The molecule has 2 aromatic carbocycles. The van der Waals surface area contributed by atoms with Crippen LogP contribution in [-0.2, 0) is 4.79 Å². The number of amides is 1. The molecule has 0 aliphatic carbocycles. The van der Waals surface area contributed by atoms with Gasteiger partial charge in [0, 0.05) is 10.9 Å². The maximum absolute atomic E-state index is 12.3. The zero-order valence-electron chi connectivity index (χ0n) is 17.3. The van der Waals surface area contributed by atoms with Gasteiger partial charge in [0.15, 0.2) is 11.7 Å². The molecule has 1 heterocycles. The van der Waals surface area contributed by atoms with Gasteiger partial charge in [0.2, 0.25) is 0 Å². The Morgan fingerprint density at radius 1 is 0.929 bits per heavy atom. The fourth-order valence-corrected chi connectivity index (χ4v) is 4.44. The highest BCUT2D eigenvalue weighted by Gasteiger charge is 2.13. The molecule has 146 valence electrons. The molecule has 0 bridgehead atoms. The molecular formula is C23H26N2O2S. The first-order valence-electron chi connectivity index (χ1n) is 9.29. The van der Waals surface area contributed by atoms with E-state index in [9.17, 15) is 4.79 Å². The summed E-state index contributed by atoms with van der Waals surface area (Å²) < 4.78 is 5.76. The fraction of sp³-hybridized carbons (Fsp3) is 0.304. The third-order valence-electron chi connectivity index (χ3n) is 4.64. The summed E-state index contributed by atoms with van der Waals surface area (Å²) in [5.41, 5.74) is 8.89. The fourth-order valence-electron chi connectivity index (χ4n) is 3.72. The third-order valence-corrected chi connectivity index (χ3v) is 5.39. The summed E-state index contributed by atoms with van der Waals surface area (Å²) in [6, 6.07) is 8.42. The average Bonchev–Trinajstić information content (AvgIpc) is 3.00. The number of hydrogen-bond acceptors (Lipinski definition) is 4. The lowest BCUT2D eigenvalue weighted by molar-refractivity contribution is -0.118. The van der Waals surface area contributed by atoms with E-state index in [1.165, 1.54) is 33.6 Å². The summed E-state index contributed by atoms with van der Waals surface area (Å²) in [4.78, 5) is 16.9. The number of anilines is 1. The molecule has 1 aromatic heterocycles. The lowest BCUT2D eigenvalue weighted by atomic mass is 9.98. The van der Waals surface area contributed by atoms with Crippen molar-refractivity contribution < 1.29 is 9.53 Å². The van der Waals surface area contributed by atoms with E-state index < -0.39 is 0 Å². The number of hydrogen-bond donors (Lipinski definition) is 1. The first-order chi connectivity index (χ1) is 13.2. The molecule has 5 heteroatoms. The summed E-state index contributed by atoms with van der Waals surface area (Å²) in [6.45, 7) is 12.3. The summed E-state index contributed by atoms with van der Waals surface area (Å²) in [5.74, 6) is 0.559. The molecule has 0 radical (unpaired) electrons. The van der Waals surface area contributed by atoms with E-state index in [2.05, 4.69) is 55.3 Å². The number of nitrogens with zero attached hydrogens (tertiary/aromatic N) is 1. The van der Waals surface area contributed by atoms with Crippen LogP contribution in [0.3, 0.4) is 0 Å². The van der Waals surface area contributed by atoms with Crippen molar-refractivity contribution in [2.75, 3.05) is 11.9 Å². The van der Waals surface area contributed by atoms with Crippen LogP contribution in [-0.4, -0.2) is 17.5 Å². The molecule has 1 amide bonds. The van der Waals surface area contributed by atoms with E-state index >= 15 is 0 Å². The van der Waals surface area contributed by atoms with Crippen molar-refractivity contribution in [1.29, 1.82) is 0 Å². The van der Waals surface area contributed by atoms with Crippen LogP contribution in [0.5, 0.6) is 5.75 Å². The van der Waals surface area contributed by atoms with E-state index in [4.69, 9.17) is 4.74 Å². The van der Waals surface area contributed by atoms with Gasteiger partial charge < -0.3 is 4.74 Å². The maximum Gasteiger partial charge on any atom is 0.264 e. The Bertz CT molecular complexity index is 991. The highest BCUT2D eigenvalue weighted by atomic mass is 32.1. The Morgan fingerprint density at radius 2 is 1.46 bits per heavy atom. The highest BCUT2D eigenvalue weighted by molar-refractivity contribution is 7.14. The molecule has 4 nitrogen and oxygen atoms in total. The minimum Gasteiger partial charge on any atom is -0.483 e. The van der Waals surface area contributed by atoms with Crippen LogP contribution in [0.15, 0.2) is 29.6 Å². The number of nitrogens with one attached hydrogen (secondary N) is 1. The smallest absolute Gasteiger partial charge is 0.264 e. The summed E-state index contributed by atoms with van der Waals surface area (Å²) in [7, 11) is 0. The summed E-state index contributed by atoms with van der Waals surface area (Å²) in [6.07, 6.45) is 0. The number of rotatable bonds is 5. The minimum atomic E-state index is -0.211. The van der Waals surface area contributed by atoms with Gasteiger partial charge in [-0.3, -0.25) is 10.1 Å². The van der Waals surface area contributed by atoms with Gasteiger partial charge in [0.25, 0.3) is 5.91 Å². The Kier molecular flexibility index (Phi) is 5.84. The van der Waals surface area contributed by atoms with Gasteiger partial charge in [-0.05, 0) is 63.8 Å². The van der Waals surface area contributed by atoms with Crippen LogP contribution in [0.1, 0.15) is 33.4 Å². The minimum absolute atomic E-state index is 0.0394. The van der Waals surface area contributed by atoms with Crippen LogP contribution in [0.25, 0.3) is 11.3 Å². The molecule has 3 rings (SSSR count). The van der Waals surface area contributed by atoms with E-state index in [-0.39, 0.29) is 12.5 Å². The van der Waals surface area contributed by atoms with Crippen LogP contribution in [0, 0.1) is 41.5 Å². The molecule has 0 aliphatic rings. The standard InChI is InChI=1S/C23H26N2O2S/c1-13-7-15(3)21(16(4)8-13)19-12-28-23(24-19)25-20(26)11-27-22-17(5)9-14(2)10-18(22)6/h7-10,12H,11H2,1-6H3,(H,24,25,26). The number of carbonyl (C=O) groups is 1. The molecule has 1 N–H and O–H groups in total. The van der Waals surface area contributed by atoms with Crippen LogP contribution >= 0.6 is 11.3 Å². The average molecular weight is 395 g/mol. The second-order valence-electron chi connectivity index (χ2n) is 7.38. The molecule has 28 heavy (non-hydrogen) atoms. The van der Waals surface area contributed by atoms with Crippen molar-refractivity contribution in [1.82, 2.24) is 4.98 Å². The molecule has 0 unspecified atom stereocenters. The Morgan fingerprint density at radius 3 is 2.04 bits per heavy atom. The van der Waals surface area contributed by atoms with E-state index in [1.807, 2.05) is 26.2 Å². The van der Waals surface area contributed by atoms with Crippen LogP contribution < -0.4 is 10.1 Å². The zero-order chi connectivity index (χ0) is 20.4. The Balaban J connectivity index is 1.68. The Labute approximate surface area is 170 Å². The largest absolute Gasteiger partial charge is 0.483 e. The molecule has 0 spiro atoms. The monoisotopic (exact) mass is 394 g/mol. The van der Waals surface area contributed by atoms with E-state index in [0.29, 0.717) is 5.13 Å². The van der Waals surface area contributed by atoms with Gasteiger partial charge in [0.05, 0.1) is 5.69 Å². The zero-order valence-corrected chi connectivity index (χ0v) is 18.1.